The minimum absolute atomic E-state index is 0.0859. The molecule has 0 amide bonds. The summed E-state index contributed by atoms with van der Waals surface area (Å²) < 4.78 is 45.4. The van der Waals surface area contributed by atoms with Crippen molar-refractivity contribution in [2.45, 2.75) is 25.4 Å². The highest BCUT2D eigenvalue weighted by Crippen LogP contribution is 2.33. The molecule has 2 aromatic heterocycles. The first-order valence-electron chi connectivity index (χ1n) is 11.1. The van der Waals surface area contributed by atoms with Crippen LogP contribution < -0.4 is 15.0 Å². The Labute approximate surface area is 191 Å². The number of piperidine rings is 1. The first-order chi connectivity index (χ1) is 15.8. The molecule has 11 heteroatoms. The van der Waals surface area contributed by atoms with Crippen LogP contribution in [0.2, 0.25) is 0 Å². The number of nitrogens with zero attached hydrogens (tertiary/aromatic N) is 5. The van der Waals surface area contributed by atoms with Gasteiger partial charge in [0.05, 0.1) is 30.3 Å². The lowest BCUT2D eigenvalue weighted by Gasteiger charge is -2.28. The molecule has 2 aliphatic rings. The summed E-state index contributed by atoms with van der Waals surface area (Å²) in [6.07, 6.45) is 1.57. The molecule has 0 unspecified atom stereocenters. The smallest absolute Gasteiger partial charge is 0.320 e. The van der Waals surface area contributed by atoms with E-state index in [-0.39, 0.29) is 23.4 Å². The summed E-state index contributed by atoms with van der Waals surface area (Å²) in [5.74, 6) is 1.11. The fourth-order valence-electron chi connectivity index (χ4n) is 4.66. The maximum atomic E-state index is 14.7. The summed E-state index contributed by atoms with van der Waals surface area (Å²) in [5.41, 5.74) is 2.86. The van der Waals surface area contributed by atoms with E-state index in [4.69, 9.17) is 4.74 Å². The first kappa shape index (κ1) is 22.0. The third-order valence-electron chi connectivity index (χ3n) is 6.51. The van der Waals surface area contributed by atoms with E-state index in [0.29, 0.717) is 31.3 Å². The number of alkyl halides is 1. The van der Waals surface area contributed by atoms with Gasteiger partial charge in [-0.3, -0.25) is 0 Å². The number of ether oxygens (including phenoxy) is 1. The van der Waals surface area contributed by atoms with E-state index >= 15 is 0 Å². The lowest BCUT2D eigenvalue weighted by Crippen LogP contribution is -2.40. The number of aromatic nitrogens is 4. The molecule has 0 radical (unpaired) electrons. The Kier molecular flexibility index (Phi) is 5.69. The lowest BCUT2D eigenvalue weighted by molar-refractivity contribution is 0.231. The summed E-state index contributed by atoms with van der Waals surface area (Å²) >= 11 is 0. The predicted molar refractivity (Wildman–Crippen MR) is 124 cm³/mol. The normalized spacial score (nSPS) is 23.1. The van der Waals surface area contributed by atoms with Gasteiger partial charge in [0.15, 0.2) is 15.7 Å². The number of methoxy groups -OCH3 is 1. The molecular weight excluding hydrogens is 447 g/mol. The minimum Gasteiger partial charge on any atom is -0.467 e. The molecule has 2 atom stereocenters. The number of benzene rings is 1. The van der Waals surface area contributed by atoms with Gasteiger partial charge >= 0.3 is 6.01 Å². The molecule has 1 N–H and O–H groups in total. The summed E-state index contributed by atoms with van der Waals surface area (Å²) in [7, 11) is -1.52. The highest BCUT2D eigenvalue weighted by molar-refractivity contribution is 7.91. The van der Waals surface area contributed by atoms with E-state index in [0.717, 1.165) is 35.0 Å². The van der Waals surface area contributed by atoms with Crippen molar-refractivity contribution in [3.63, 3.8) is 0 Å². The van der Waals surface area contributed by atoms with Crippen molar-refractivity contribution in [3.8, 4) is 11.8 Å². The Hall–Kier alpha value is -2.79. The van der Waals surface area contributed by atoms with E-state index in [1.807, 2.05) is 24.0 Å². The van der Waals surface area contributed by atoms with Gasteiger partial charge in [0.25, 0.3) is 0 Å². The Balaban J connectivity index is 1.56. The van der Waals surface area contributed by atoms with E-state index < -0.39 is 16.0 Å². The minimum atomic E-state index is -3.01. The molecule has 0 bridgehead atoms. The van der Waals surface area contributed by atoms with Crippen LogP contribution in [0.25, 0.3) is 16.7 Å². The topological polar surface area (TPSA) is 102 Å². The number of hydrogen-bond donors (Lipinski definition) is 1. The summed E-state index contributed by atoms with van der Waals surface area (Å²) in [6.45, 7) is 3.88. The molecule has 9 nitrogen and oxygen atoms in total. The number of nitrogens with one attached hydrogen (secondary N) is 1. The number of sulfone groups is 1. The molecule has 3 aromatic rings. The fourth-order valence-corrected chi connectivity index (χ4v) is 5.86. The molecule has 1 aromatic carbocycles. The monoisotopic (exact) mass is 474 g/mol. The van der Waals surface area contributed by atoms with Crippen LogP contribution in [0.5, 0.6) is 6.01 Å². The number of halogens is 1. The van der Waals surface area contributed by atoms with Crippen molar-refractivity contribution in [1.29, 1.82) is 0 Å². The second-order valence-electron chi connectivity index (χ2n) is 8.65. The molecular formula is C22H27FN6O3S. The van der Waals surface area contributed by atoms with Gasteiger partial charge < -0.3 is 15.0 Å². The molecule has 2 aliphatic heterocycles. The number of fused-ring (bicyclic) bond motifs is 1. The van der Waals surface area contributed by atoms with Gasteiger partial charge in [0.2, 0.25) is 0 Å². The quantitative estimate of drug-likeness (QED) is 0.611. The average molecular weight is 475 g/mol. The van der Waals surface area contributed by atoms with Crippen molar-refractivity contribution in [1.82, 2.24) is 25.1 Å². The van der Waals surface area contributed by atoms with Crippen LogP contribution in [0, 0.1) is 6.92 Å². The van der Waals surface area contributed by atoms with Crippen molar-refractivity contribution in [3.05, 3.63) is 35.5 Å². The van der Waals surface area contributed by atoms with Crippen molar-refractivity contribution in [2.24, 2.45) is 0 Å². The molecule has 0 aliphatic carbocycles. The first-order valence-corrected chi connectivity index (χ1v) is 12.9. The molecule has 0 saturated carbocycles. The zero-order valence-corrected chi connectivity index (χ0v) is 19.5. The predicted octanol–water partition coefficient (Wildman–Crippen LogP) is 1.78. The van der Waals surface area contributed by atoms with Gasteiger partial charge in [-0.2, -0.15) is 15.1 Å². The third-order valence-corrected chi connectivity index (χ3v) is 8.12. The van der Waals surface area contributed by atoms with Crippen LogP contribution in [0.4, 0.5) is 10.2 Å². The van der Waals surface area contributed by atoms with Gasteiger partial charge in [-0.15, -0.1) is 0 Å². The zero-order chi connectivity index (χ0) is 23.2. The molecule has 33 heavy (non-hydrogen) atoms. The van der Waals surface area contributed by atoms with Crippen LogP contribution >= 0.6 is 0 Å². The number of hydrogen-bond acceptors (Lipinski definition) is 8. The fraction of sp³-hybridized carbons (Fsp3) is 0.500. The maximum Gasteiger partial charge on any atom is 0.320 e. The lowest BCUT2D eigenvalue weighted by atomic mass is 9.85. The molecule has 4 heterocycles. The number of rotatable bonds is 4. The number of aryl methyl sites for hydroxylation is 1. The molecule has 2 fully saturated rings. The summed E-state index contributed by atoms with van der Waals surface area (Å²) in [4.78, 5) is 10.8. The standard InChI is InChI=1S/C22H27FN6O3S/c1-14-9-15-12-25-29(19(15)10-17(14)16-3-4-24-13-18(16)23)21-11-20(26-22(27-21)32-2)28-5-7-33(30,31)8-6-28/h9-12,16,18,24H,3-8,13H2,1-2H3/t16-,18-/m1/s1. The maximum absolute atomic E-state index is 14.7. The highest BCUT2D eigenvalue weighted by Gasteiger charge is 2.28. The largest absolute Gasteiger partial charge is 0.467 e. The van der Waals surface area contributed by atoms with Crippen LogP contribution in [0.1, 0.15) is 23.5 Å². The van der Waals surface area contributed by atoms with Crippen LogP contribution in [-0.4, -0.2) is 79.1 Å². The summed E-state index contributed by atoms with van der Waals surface area (Å²) in [5, 5.41) is 8.59. The van der Waals surface area contributed by atoms with Gasteiger partial charge in [-0.05, 0) is 43.1 Å². The van der Waals surface area contributed by atoms with Crippen LogP contribution in [0.3, 0.4) is 0 Å². The Morgan fingerprint density at radius 2 is 1.91 bits per heavy atom. The van der Waals surface area contributed by atoms with Gasteiger partial charge in [0, 0.05) is 37.0 Å². The zero-order valence-electron chi connectivity index (χ0n) is 18.7. The van der Waals surface area contributed by atoms with Crippen molar-refractivity contribution in [2.75, 3.05) is 49.7 Å². The van der Waals surface area contributed by atoms with Crippen LogP contribution in [-0.2, 0) is 9.84 Å². The van der Waals surface area contributed by atoms with E-state index in [1.54, 1.807) is 16.9 Å². The number of anilines is 1. The van der Waals surface area contributed by atoms with Gasteiger partial charge in [-0.25, -0.2) is 17.5 Å². The molecule has 0 spiro atoms. The van der Waals surface area contributed by atoms with Crippen molar-refractivity contribution >= 4 is 26.6 Å². The molecule has 176 valence electrons. The second-order valence-corrected chi connectivity index (χ2v) is 11.0. The van der Waals surface area contributed by atoms with E-state index in [2.05, 4.69) is 20.4 Å². The van der Waals surface area contributed by atoms with Crippen LogP contribution in [0.15, 0.2) is 24.4 Å². The third kappa shape index (κ3) is 4.26. The van der Waals surface area contributed by atoms with Crippen molar-refractivity contribution < 1.29 is 17.5 Å². The SMILES string of the molecule is COc1nc(N2CCS(=O)(=O)CC2)cc(-n2ncc3cc(C)c([C@H]4CCNC[C@H]4F)cc32)n1. The van der Waals surface area contributed by atoms with Gasteiger partial charge in [0.1, 0.15) is 12.0 Å². The Morgan fingerprint density at radius 3 is 2.64 bits per heavy atom. The highest BCUT2D eigenvalue weighted by atomic mass is 32.2. The summed E-state index contributed by atoms with van der Waals surface area (Å²) in [6, 6.07) is 6.02. The van der Waals surface area contributed by atoms with E-state index in [9.17, 15) is 12.8 Å². The molecule has 2 saturated heterocycles. The Bertz CT molecular complexity index is 1280. The van der Waals surface area contributed by atoms with Gasteiger partial charge in [-0.1, -0.05) is 0 Å². The second kappa shape index (κ2) is 8.53. The molecule has 5 rings (SSSR count). The van der Waals surface area contributed by atoms with E-state index in [1.165, 1.54) is 7.11 Å². The Morgan fingerprint density at radius 1 is 1.15 bits per heavy atom. The average Bonchev–Trinajstić information content (AvgIpc) is 3.21.